The van der Waals surface area contributed by atoms with E-state index < -0.39 is 0 Å². The number of benzene rings is 2. The number of para-hydroxylation sites is 2. The van der Waals surface area contributed by atoms with E-state index in [9.17, 15) is 4.79 Å². The van der Waals surface area contributed by atoms with Crippen molar-refractivity contribution in [2.75, 3.05) is 7.11 Å². The Morgan fingerprint density at radius 1 is 1.00 bits per heavy atom. The minimum Gasteiger partial charge on any atom is -0.495 e. The number of aryl methyl sites for hydroxylation is 1. The average molecular weight is 239 g/mol. The first-order valence-corrected chi connectivity index (χ1v) is 5.78. The molecule has 3 heteroatoms. The van der Waals surface area contributed by atoms with Crippen molar-refractivity contribution in [2.45, 2.75) is 0 Å². The number of fused-ring (bicyclic) bond motifs is 2. The van der Waals surface area contributed by atoms with Gasteiger partial charge in [-0.2, -0.15) is 0 Å². The van der Waals surface area contributed by atoms with Gasteiger partial charge in [-0.25, -0.2) is 0 Å². The van der Waals surface area contributed by atoms with Gasteiger partial charge in [-0.3, -0.25) is 4.79 Å². The molecule has 0 spiro atoms. The number of rotatable bonds is 1. The van der Waals surface area contributed by atoms with Gasteiger partial charge in [-0.15, -0.1) is 0 Å². The quantitative estimate of drug-likeness (QED) is 0.611. The van der Waals surface area contributed by atoms with Gasteiger partial charge >= 0.3 is 0 Å². The van der Waals surface area contributed by atoms with Crippen molar-refractivity contribution in [3.8, 4) is 5.75 Å². The summed E-state index contributed by atoms with van der Waals surface area (Å²) in [6, 6.07) is 13.2. The molecular weight excluding hydrogens is 226 g/mol. The van der Waals surface area contributed by atoms with Gasteiger partial charge in [0, 0.05) is 12.4 Å². The first kappa shape index (κ1) is 10.8. The molecule has 3 nitrogen and oxygen atoms in total. The zero-order chi connectivity index (χ0) is 12.7. The van der Waals surface area contributed by atoms with Crippen LogP contribution in [0.4, 0.5) is 0 Å². The Kier molecular flexibility index (Phi) is 2.33. The van der Waals surface area contributed by atoms with Crippen molar-refractivity contribution in [2.24, 2.45) is 7.05 Å². The Balaban J connectivity index is 2.67. The summed E-state index contributed by atoms with van der Waals surface area (Å²) in [4.78, 5) is 12.4. The Morgan fingerprint density at radius 2 is 1.72 bits per heavy atom. The van der Waals surface area contributed by atoms with Crippen LogP contribution in [-0.4, -0.2) is 11.7 Å². The molecule has 0 unspecified atom stereocenters. The molecule has 1 heterocycles. The van der Waals surface area contributed by atoms with E-state index in [0.717, 1.165) is 22.2 Å². The van der Waals surface area contributed by atoms with Crippen molar-refractivity contribution in [3.05, 3.63) is 52.7 Å². The third kappa shape index (κ3) is 1.34. The fourth-order valence-corrected chi connectivity index (χ4v) is 2.44. The molecule has 0 aliphatic carbocycles. The maximum atomic E-state index is 12.4. The van der Waals surface area contributed by atoms with Gasteiger partial charge in [0.2, 0.25) is 0 Å². The largest absolute Gasteiger partial charge is 0.495 e. The van der Waals surface area contributed by atoms with Crippen LogP contribution >= 0.6 is 0 Å². The zero-order valence-electron chi connectivity index (χ0n) is 10.3. The highest BCUT2D eigenvalue weighted by atomic mass is 16.5. The molecule has 3 rings (SSSR count). The molecule has 1 aromatic heterocycles. The Bertz CT molecular complexity index is 803. The lowest BCUT2D eigenvalue weighted by molar-refractivity contribution is 0.418. The highest BCUT2D eigenvalue weighted by Gasteiger charge is 2.11. The van der Waals surface area contributed by atoms with Crippen LogP contribution in [0.15, 0.2) is 47.3 Å². The van der Waals surface area contributed by atoms with E-state index >= 15 is 0 Å². The van der Waals surface area contributed by atoms with Crippen LogP contribution in [0, 0.1) is 0 Å². The predicted octanol–water partition coefficient (Wildman–Crippen LogP) is 2.70. The van der Waals surface area contributed by atoms with Gasteiger partial charge < -0.3 is 9.30 Å². The number of methoxy groups -OCH3 is 1. The molecule has 0 atom stereocenters. The smallest absolute Gasteiger partial charge is 0.197 e. The number of aromatic nitrogens is 1. The monoisotopic (exact) mass is 239 g/mol. The van der Waals surface area contributed by atoms with Crippen molar-refractivity contribution in [3.63, 3.8) is 0 Å². The number of hydrogen-bond donors (Lipinski definition) is 0. The van der Waals surface area contributed by atoms with E-state index in [2.05, 4.69) is 0 Å². The molecule has 0 aliphatic heterocycles. The topological polar surface area (TPSA) is 31.2 Å². The van der Waals surface area contributed by atoms with Crippen LogP contribution in [0.2, 0.25) is 0 Å². The number of nitrogens with zero attached hydrogens (tertiary/aromatic N) is 1. The second-order valence-corrected chi connectivity index (χ2v) is 4.26. The van der Waals surface area contributed by atoms with Crippen LogP contribution in [0.1, 0.15) is 0 Å². The minimum absolute atomic E-state index is 0.0533. The van der Waals surface area contributed by atoms with E-state index in [4.69, 9.17) is 4.74 Å². The van der Waals surface area contributed by atoms with Crippen molar-refractivity contribution < 1.29 is 4.74 Å². The lowest BCUT2D eigenvalue weighted by Gasteiger charge is -2.13. The first-order valence-electron chi connectivity index (χ1n) is 5.78. The lowest BCUT2D eigenvalue weighted by Crippen LogP contribution is -2.09. The van der Waals surface area contributed by atoms with E-state index in [1.165, 1.54) is 0 Å². The maximum Gasteiger partial charge on any atom is 0.197 e. The van der Waals surface area contributed by atoms with Gasteiger partial charge in [0.15, 0.2) is 5.43 Å². The lowest BCUT2D eigenvalue weighted by atomic mass is 10.1. The predicted molar refractivity (Wildman–Crippen MR) is 73.2 cm³/mol. The van der Waals surface area contributed by atoms with Gasteiger partial charge in [0.05, 0.1) is 23.5 Å². The molecule has 90 valence electrons. The molecule has 18 heavy (non-hydrogen) atoms. The third-order valence-corrected chi connectivity index (χ3v) is 3.31. The first-order chi connectivity index (χ1) is 8.74. The number of pyridine rings is 1. The molecule has 0 amide bonds. The summed E-state index contributed by atoms with van der Waals surface area (Å²) in [5.74, 6) is 0.720. The standard InChI is InChI=1S/C15H13NO2/c1-16-12-8-4-3-6-10(12)15(17)11-7-5-9-13(18-2)14(11)16/h3-9H,1-2H3. The van der Waals surface area contributed by atoms with Crippen molar-refractivity contribution in [1.29, 1.82) is 0 Å². The van der Waals surface area contributed by atoms with Gasteiger partial charge in [-0.05, 0) is 24.3 Å². The molecule has 0 radical (unpaired) electrons. The van der Waals surface area contributed by atoms with Gasteiger partial charge in [0.25, 0.3) is 0 Å². The molecular formula is C15H13NO2. The van der Waals surface area contributed by atoms with Crippen LogP contribution in [0.3, 0.4) is 0 Å². The summed E-state index contributed by atoms with van der Waals surface area (Å²) < 4.78 is 7.36. The van der Waals surface area contributed by atoms with E-state index in [1.807, 2.05) is 54.1 Å². The molecule has 2 aromatic carbocycles. The third-order valence-electron chi connectivity index (χ3n) is 3.31. The highest BCUT2D eigenvalue weighted by molar-refractivity contribution is 5.96. The Morgan fingerprint density at radius 3 is 2.50 bits per heavy atom. The molecule has 0 saturated carbocycles. The summed E-state index contributed by atoms with van der Waals surface area (Å²) in [6.45, 7) is 0. The summed E-state index contributed by atoms with van der Waals surface area (Å²) >= 11 is 0. The number of ether oxygens (including phenoxy) is 1. The van der Waals surface area contributed by atoms with E-state index in [1.54, 1.807) is 7.11 Å². The molecule has 0 aliphatic rings. The molecule has 0 saturated heterocycles. The summed E-state index contributed by atoms with van der Waals surface area (Å²) in [7, 11) is 3.57. The second kappa shape index (κ2) is 3.88. The maximum absolute atomic E-state index is 12.4. The van der Waals surface area contributed by atoms with Crippen molar-refractivity contribution in [1.82, 2.24) is 4.57 Å². The molecule has 0 fully saturated rings. The summed E-state index contributed by atoms with van der Waals surface area (Å²) in [5.41, 5.74) is 1.81. The fraction of sp³-hybridized carbons (Fsp3) is 0.133. The zero-order valence-corrected chi connectivity index (χ0v) is 10.3. The molecule has 0 bridgehead atoms. The molecule has 3 aromatic rings. The second-order valence-electron chi connectivity index (χ2n) is 4.26. The summed E-state index contributed by atoms with van der Waals surface area (Å²) in [5, 5.41) is 1.43. The van der Waals surface area contributed by atoms with E-state index in [-0.39, 0.29) is 5.43 Å². The van der Waals surface area contributed by atoms with Crippen molar-refractivity contribution >= 4 is 21.8 Å². The summed E-state index contributed by atoms with van der Waals surface area (Å²) in [6.07, 6.45) is 0. The van der Waals surface area contributed by atoms with Gasteiger partial charge in [0.1, 0.15) is 5.75 Å². The average Bonchev–Trinajstić information content (AvgIpc) is 2.44. The number of hydrogen-bond acceptors (Lipinski definition) is 2. The fourth-order valence-electron chi connectivity index (χ4n) is 2.44. The Labute approximate surface area is 104 Å². The van der Waals surface area contributed by atoms with E-state index in [0.29, 0.717) is 5.39 Å². The van der Waals surface area contributed by atoms with Crippen LogP contribution in [-0.2, 0) is 7.05 Å². The van der Waals surface area contributed by atoms with Crippen LogP contribution in [0.5, 0.6) is 5.75 Å². The Hall–Kier alpha value is -2.29. The minimum atomic E-state index is 0.0533. The van der Waals surface area contributed by atoms with Gasteiger partial charge in [-0.1, -0.05) is 18.2 Å². The van der Waals surface area contributed by atoms with Crippen LogP contribution < -0.4 is 10.2 Å². The molecule has 0 N–H and O–H groups in total. The highest BCUT2D eigenvalue weighted by Crippen LogP contribution is 2.25. The van der Waals surface area contributed by atoms with Crippen LogP contribution in [0.25, 0.3) is 21.8 Å². The normalized spacial score (nSPS) is 11.0. The SMILES string of the molecule is COc1cccc2c(=O)c3ccccc3n(C)c12.